The van der Waals surface area contributed by atoms with Gasteiger partial charge < -0.3 is 10.0 Å². The van der Waals surface area contributed by atoms with E-state index in [0.717, 1.165) is 5.69 Å². The fourth-order valence-corrected chi connectivity index (χ4v) is 1.67. The fourth-order valence-electron chi connectivity index (χ4n) is 1.67. The molecule has 1 heterocycles. The summed E-state index contributed by atoms with van der Waals surface area (Å²) in [5, 5.41) is 9.04. The van der Waals surface area contributed by atoms with Crippen molar-refractivity contribution in [2.75, 3.05) is 11.9 Å². The average molecular weight is 261 g/mol. The molecule has 0 aliphatic rings. The monoisotopic (exact) mass is 261 g/mol. The van der Waals surface area contributed by atoms with Crippen molar-refractivity contribution in [3.05, 3.63) is 53.9 Å². The molecule has 0 aliphatic heterocycles. The molecule has 98 valence electrons. The lowest BCUT2D eigenvalue weighted by Crippen LogP contribution is -2.19. The average Bonchev–Trinajstić information content (AvgIpc) is 2.39. The minimum atomic E-state index is -1.07. The number of aromatic carboxylic acids is 1. The Hall–Kier alpha value is -2.50. The van der Waals surface area contributed by atoms with Gasteiger partial charge in [0.2, 0.25) is 0 Å². The van der Waals surface area contributed by atoms with Gasteiger partial charge >= 0.3 is 5.97 Å². The Bertz CT molecular complexity index is 587. The van der Waals surface area contributed by atoms with Crippen LogP contribution in [-0.4, -0.2) is 28.1 Å². The van der Waals surface area contributed by atoms with Gasteiger partial charge in [-0.2, -0.15) is 0 Å². The molecule has 0 atom stereocenters. The van der Waals surface area contributed by atoms with Gasteiger partial charge in [0, 0.05) is 18.9 Å². The number of hydrogen-bond acceptors (Lipinski definition) is 4. The van der Waals surface area contributed by atoms with Crippen LogP contribution in [0.25, 0.3) is 0 Å². The maximum Gasteiger partial charge on any atom is 0.339 e. The Morgan fingerprint density at radius 1 is 1.37 bits per heavy atom. The molecule has 19 heavy (non-hydrogen) atoms. The smallest absolute Gasteiger partial charge is 0.339 e. The third-order valence-electron chi connectivity index (χ3n) is 2.68. The maximum atomic E-state index is 12.8. The van der Waals surface area contributed by atoms with Crippen LogP contribution < -0.4 is 4.90 Å². The van der Waals surface area contributed by atoms with Crippen LogP contribution in [0.1, 0.15) is 16.1 Å². The Labute approximate surface area is 109 Å². The molecule has 0 radical (unpaired) electrons. The highest BCUT2D eigenvalue weighted by molar-refractivity contribution is 5.88. The molecule has 5 nitrogen and oxygen atoms in total. The summed E-state index contributed by atoms with van der Waals surface area (Å²) in [6.45, 7) is 0.301. The van der Waals surface area contributed by atoms with E-state index in [0.29, 0.717) is 12.2 Å². The van der Waals surface area contributed by atoms with Crippen LogP contribution in [-0.2, 0) is 6.54 Å². The number of anilines is 1. The number of carboxylic acids is 1. The summed E-state index contributed by atoms with van der Waals surface area (Å²) in [4.78, 5) is 20.5. The number of hydrogen-bond donors (Lipinski definition) is 1. The highest BCUT2D eigenvalue weighted by atomic mass is 19.1. The van der Waals surface area contributed by atoms with E-state index < -0.39 is 5.97 Å². The normalized spacial score (nSPS) is 10.2. The zero-order valence-corrected chi connectivity index (χ0v) is 10.2. The molecule has 6 heteroatoms. The van der Waals surface area contributed by atoms with E-state index in [4.69, 9.17) is 5.11 Å². The lowest BCUT2D eigenvalue weighted by atomic mass is 10.2. The largest absolute Gasteiger partial charge is 0.478 e. The second-order valence-electron chi connectivity index (χ2n) is 4.02. The summed E-state index contributed by atoms with van der Waals surface area (Å²) in [5.41, 5.74) is 1.25. The highest BCUT2D eigenvalue weighted by Gasteiger charge is 2.13. The molecule has 0 spiro atoms. The van der Waals surface area contributed by atoms with Gasteiger partial charge in [-0.15, -0.1) is 0 Å². The Balaban J connectivity index is 2.21. The van der Waals surface area contributed by atoms with E-state index in [1.54, 1.807) is 24.1 Å². The lowest BCUT2D eigenvalue weighted by Gasteiger charge is -2.19. The Morgan fingerprint density at radius 2 is 2.05 bits per heavy atom. The number of aromatic nitrogens is 2. The molecular weight excluding hydrogens is 249 g/mol. The first-order valence-electron chi connectivity index (χ1n) is 5.57. The van der Waals surface area contributed by atoms with Crippen LogP contribution in [0.15, 0.2) is 36.8 Å². The van der Waals surface area contributed by atoms with E-state index in [9.17, 15) is 9.18 Å². The summed E-state index contributed by atoms with van der Waals surface area (Å²) in [6, 6.07) is 5.95. The van der Waals surface area contributed by atoms with Gasteiger partial charge in [-0.1, -0.05) is 0 Å². The van der Waals surface area contributed by atoms with Crippen LogP contribution in [0, 0.1) is 5.82 Å². The van der Waals surface area contributed by atoms with E-state index in [1.165, 1.54) is 24.7 Å². The molecule has 0 amide bonds. The van der Waals surface area contributed by atoms with Gasteiger partial charge in [-0.05, 0) is 24.3 Å². The summed E-state index contributed by atoms with van der Waals surface area (Å²) in [7, 11) is 1.78. The first-order chi connectivity index (χ1) is 9.08. The van der Waals surface area contributed by atoms with Crippen molar-refractivity contribution in [1.29, 1.82) is 0 Å². The molecule has 1 aromatic carbocycles. The van der Waals surface area contributed by atoms with Crippen molar-refractivity contribution in [3.8, 4) is 0 Å². The van der Waals surface area contributed by atoms with Gasteiger partial charge in [0.15, 0.2) is 0 Å². The molecule has 1 aromatic heterocycles. The number of benzene rings is 1. The highest BCUT2D eigenvalue weighted by Crippen LogP contribution is 2.16. The minimum absolute atomic E-state index is 0.0662. The Kier molecular flexibility index (Phi) is 3.70. The summed E-state index contributed by atoms with van der Waals surface area (Å²) in [5.74, 6) is -1.38. The van der Waals surface area contributed by atoms with Crippen LogP contribution in [0.2, 0.25) is 0 Å². The van der Waals surface area contributed by atoms with E-state index in [2.05, 4.69) is 9.97 Å². The molecule has 0 saturated carbocycles. The van der Waals surface area contributed by atoms with Gasteiger partial charge in [-0.3, -0.25) is 0 Å². The van der Waals surface area contributed by atoms with Crippen LogP contribution in [0.4, 0.5) is 10.1 Å². The molecule has 0 saturated heterocycles. The summed E-state index contributed by atoms with van der Waals surface area (Å²) in [6.07, 6.45) is 2.57. The minimum Gasteiger partial charge on any atom is -0.478 e. The third kappa shape index (κ3) is 3.04. The molecular formula is C13H12FN3O2. The van der Waals surface area contributed by atoms with E-state index in [-0.39, 0.29) is 11.4 Å². The predicted octanol–water partition coefficient (Wildman–Crippen LogP) is 1.95. The molecule has 0 bridgehead atoms. The SMILES string of the molecule is CN(Cc1ncncc1C(=O)O)c1ccc(F)cc1. The molecule has 2 rings (SSSR count). The van der Waals surface area contributed by atoms with Gasteiger partial charge in [-0.25, -0.2) is 19.2 Å². The van der Waals surface area contributed by atoms with Gasteiger partial charge in [0.1, 0.15) is 17.7 Å². The quantitative estimate of drug-likeness (QED) is 0.911. The molecule has 0 fully saturated rings. The lowest BCUT2D eigenvalue weighted by molar-refractivity contribution is 0.0694. The number of carbonyl (C=O) groups is 1. The number of halogens is 1. The van der Waals surface area contributed by atoms with Crippen molar-refractivity contribution in [2.24, 2.45) is 0 Å². The van der Waals surface area contributed by atoms with Crippen LogP contribution >= 0.6 is 0 Å². The zero-order valence-electron chi connectivity index (χ0n) is 10.2. The summed E-state index contributed by atoms with van der Waals surface area (Å²) >= 11 is 0. The molecule has 2 aromatic rings. The van der Waals surface area contributed by atoms with Crippen molar-refractivity contribution >= 4 is 11.7 Å². The maximum absolute atomic E-state index is 12.8. The molecule has 1 N–H and O–H groups in total. The number of rotatable bonds is 4. The molecule has 0 unspecified atom stereocenters. The Morgan fingerprint density at radius 3 is 2.68 bits per heavy atom. The first kappa shape index (κ1) is 12.9. The standard InChI is InChI=1S/C13H12FN3O2/c1-17(10-4-2-9(14)3-5-10)7-12-11(13(18)19)6-15-8-16-12/h2-6,8H,7H2,1H3,(H,18,19). The topological polar surface area (TPSA) is 66.3 Å². The van der Waals surface area contributed by atoms with Gasteiger partial charge in [0.25, 0.3) is 0 Å². The zero-order chi connectivity index (χ0) is 13.8. The van der Waals surface area contributed by atoms with Crippen molar-refractivity contribution in [2.45, 2.75) is 6.54 Å². The fraction of sp³-hybridized carbons (Fsp3) is 0.154. The van der Waals surface area contributed by atoms with Crippen LogP contribution in [0.5, 0.6) is 0 Å². The number of nitrogens with zero attached hydrogens (tertiary/aromatic N) is 3. The predicted molar refractivity (Wildman–Crippen MR) is 67.5 cm³/mol. The second-order valence-corrected chi connectivity index (χ2v) is 4.02. The van der Waals surface area contributed by atoms with Gasteiger partial charge in [0.05, 0.1) is 12.2 Å². The van der Waals surface area contributed by atoms with Crippen LogP contribution in [0.3, 0.4) is 0 Å². The summed E-state index contributed by atoms with van der Waals surface area (Å²) < 4.78 is 12.8. The second kappa shape index (κ2) is 5.43. The molecule has 0 aliphatic carbocycles. The first-order valence-corrected chi connectivity index (χ1v) is 5.57. The van der Waals surface area contributed by atoms with E-state index in [1.807, 2.05) is 0 Å². The number of carboxylic acid groups (broad SMARTS) is 1. The van der Waals surface area contributed by atoms with Crippen molar-refractivity contribution in [1.82, 2.24) is 9.97 Å². The van der Waals surface area contributed by atoms with Crippen molar-refractivity contribution < 1.29 is 14.3 Å². The third-order valence-corrected chi connectivity index (χ3v) is 2.68. The van der Waals surface area contributed by atoms with E-state index >= 15 is 0 Å². The van der Waals surface area contributed by atoms with Crippen molar-refractivity contribution in [3.63, 3.8) is 0 Å².